The molecule has 5 nitrogen and oxygen atoms in total. The molecule has 0 saturated heterocycles. The van der Waals surface area contributed by atoms with Gasteiger partial charge in [-0.1, -0.05) is 19.3 Å². The Morgan fingerprint density at radius 3 is 2.69 bits per heavy atom. The predicted octanol–water partition coefficient (Wildman–Crippen LogP) is 3.05. The molecule has 0 radical (unpaired) electrons. The maximum atomic E-state index is 13.9. The fraction of sp³-hybridized carbons (Fsp3) is 0.632. The number of ether oxygens (including phenoxy) is 2. The number of amides is 1. The summed E-state index contributed by atoms with van der Waals surface area (Å²) >= 11 is 0. The summed E-state index contributed by atoms with van der Waals surface area (Å²) < 4.78 is 24.1. The lowest BCUT2D eigenvalue weighted by atomic mass is 9.84. The van der Waals surface area contributed by atoms with Crippen molar-refractivity contribution in [1.82, 2.24) is 5.32 Å². The number of methoxy groups -OCH3 is 1. The zero-order valence-corrected chi connectivity index (χ0v) is 16.2. The van der Waals surface area contributed by atoms with Gasteiger partial charge in [-0.2, -0.15) is 0 Å². The number of nitrogens with two attached hydrogens (primary N) is 1. The van der Waals surface area contributed by atoms with Crippen LogP contribution in [-0.2, 0) is 16.1 Å². The third-order valence-electron chi connectivity index (χ3n) is 4.79. The van der Waals surface area contributed by atoms with E-state index in [2.05, 4.69) is 5.32 Å². The van der Waals surface area contributed by atoms with E-state index in [0.717, 1.165) is 12.8 Å². The van der Waals surface area contributed by atoms with Gasteiger partial charge in [-0.3, -0.25) is 4.79 Å². The number of hydrogen-bond donors (Lipinski definition) is 2. The molecule has 0 spiro atoms. The molecule has 1 unspecified atom stereocenters. The van der Waals surface area contributed by atoms with Crippen molar-refractivity contribution in [3.63, 3.8) is 0 Å². The van der Waals surface area contributed by atoms with Crippen LogP contribution in [0.15, 0.2) is 18.2 Å². The summed E-state index contributed by atoms with van der Waals surface area (Å²) in [5.74, 6) is -0.157. The van der Waals surface area contributed by atoms with Crippen molar-refractivity contribution in [3.8, 4) is 0 Å². The van der Waals surface area contributed by atoms with Crippen LogP contribution in [0.25, 0.3) is 0 Å². The monoisotopic (exact) mass is 388 g/mol. The molecule has 1 atom stereocenters. The second-order valence-electron chi connectivity index (χ2n) is 6.57. The van der Waals surface area contributed by atoms with E-state index in [1.54, 1.807) is 13.2 Å². The second-order valence-corrected chi connectivity index (χ2v) is 6.57. The van der Waals surface area contributed by atoms with E-state index in [1.165, 1.54) is 31.4 Å². The van der Waals surface area contributed by atoms with Crippen LogP contribution in [0.2, 0.25) is 0 Å². The topological polar surface area (TPSA) is 73.6 Å². The minimum absolute atomic E-state index is 0. The highest BCUT2D eigenvalue weighted by Crippen LogP contribution is 2.26. The summed E-state index contributed by atoms with van der Waals surface area (Å²) in [6.45, 7) is 1.36. The van der Waals surface area contributed by atoms with Gasteiger partial charge in [-0.15, -0.1) is 12.4 Å². The molecule has 26 heavy (non-hydrogen) atoms. The van der Waals surface area contributed by atoms with Crippen molar-refractivity contribution in [2.45, 2.75) is 44.8 Å². The predicted molar refractivity (Wildman–Crippen MR) is 102 cm³/mol. The fourth-order valence-electron chi connectivity index (χ4n) is 3.31. The van der Waals surface area contributed by atoms with Crippen molar-refractivity contribution in [2.75, 3.05) is 26.9 Å². The molecule has 0 aliphatic heterocycles. The van der Waals surface area contributed by atoms with Crippen LogP contribution >= 0.6 is 12.4 Å². The smallest absolute Gasteiger partial charge is 0.251 e. The Hall–Kier alpha value is -1.21. The van der Waals surface area contributed by atoms with Crippen molar-refractivity contribution < 1.29 is 18.7 Å². The highest BCUT2D eigenvalue weighted by molar-refractivity contribution is 5.94. The Morgan fingerprint density at radius 1 is 1.31 bits per heavy atom. The highest BCUT2D eigenvalue weighted by atomic mass is 35.5. The van der Waals surface area contributed by atoms with Crippen molar-refractivity contribution in [3.05, 3.63) is 35.1 Å². The number of rotatable bonds is 9. The van der Waals surface area contributed by atoms with E-state index < -0.39 is 0 Å². The largest absolute Gasteiger partial charge is 0.382 e. The van der Waals surface area contributed by atoms with E-state index in [0.29, 0.717) is 36.8 Å². The van der Waals surface area contributed by atoms with Gasteiger partial charge in [-0.25, -0.2) is 4.39 Å². The van der Waals surface area contributed by atoms with E-state index in [9.17, 15) is 9.18 Å². The summed E-state index contributed by atoms with van der Waals surface area (Å²) in [6, 6.07) is 4.32. The van der Waals surface area contributed by atoms with Crippen molar-refractivity contribution in [2.24, 2.45) is 11.7 Å². The molecule has 1 fully saturated rings. The zero-order valence-electron chi connectivity index (χ0n) is 15.3. The molecule has 0 bridgehead atoms. The third-order valence-corrected chi connectivity index (χ3v) is 4.79. The fourth-order valence-corrected chi connectivity index (χ4v) is 3.31. The Kier molecular flexibility index (Phi) is 10.7. The third kappa shape index (κ3) is 6.83. The Balaban J connectivity index is 0.00000338. The molecule has 1 aromatic carbocycles. The highest BCUT2D eigenvalue weighted by Gasteiger charge is 2.24. The van der Waals surface area contributed by atoms with Gasteiger partial charge >= 0.3 is 0 Å². The van der Waals surface area contributed by atoms with Crippen LogP contribution in [0.4, 0.5) is 4.39 Å². The minimum atomic E-state index is -0.378. The summed E-state index contributed by atoms with van der Waals surface area (Å²) in [4.78, 5) is 12.5. The van der Waals surface area contributed by atoms with Crippen LogP contribution in [0, 0.1) is 11.7 Å². The first-order valence-corrected chi connectivity index (χ1v) is 9.01. The average molecular weight is 389 g/mol. The lowest BCUT2D eigenvalue weighted by molar-refractivity contribution is 0.0603. The number of hydrogen-bond acceptors (Lipinski definition) is 4. The number of carbonyl (C=O) groups is 1. The van der Waals surface area contributed by atoms with Crippen molar-refractivity contribution in [1.29, 1.82) is 0 Å². The van der Waals surface area contributed by atoms with E-state index in [-0.39, 0.29) is 36.8 Å². The number of nitrogens with one attached hydrogen (secondary N) is 1. The van der Waals surface area contributed by atoms with Gasteiger partial charge in [-0.05, 0) is 37.0 Å². The maximum Gasteiger partial charge on any atom is 0.251 e. The first-order chi connectivity index (χ1) is 12.2. The zero-order chi connectivity index (χ0) is 18.1. The van der Waals surface area contributed by atoms with Gasteiger partial charge in [0.25, 0.3) is 5.91 Å². The van der Waals surface area contributed by atoms with Crippen LogP contribution in [0.5, 0.6) is 0 Å². The molecule has 3 N–H and O–H groups in total. The average Bonchev–Trinajstić information content (AvgIpc) is 2.65. The SMILES string of the molecule is COCCOCc1cc(C(=O)NC(CN)C2CCCCC2)ccc1F.Cl. The Bertz CT molecular complexity index is 554. The summed E-state index contributed by atoms with van der Waals surface area (Å²) in [6.07, 6.45) is 5.84. The molecule has 1 saturated carbocycles. The number of benzene rings is 1. The number of carbonyl (C=O) groups excluding carboxylic acids is 1. The maximum absolute atomic E-state index is 13.9. The van der Waals surface area contributed by atoms with Crippen LogP contribution in [-0.4, -0.2) is 38.8 Å². The quantitative estimate of drug-likeness (QED) is 0.638. The number of halogens is 2. The molecule has 1 aliphatic rings. The lowest BCUT2D eigenvalue weighted by Gasteiger charge is -2.30. The first-order valence-electron chi connectivity index (χ1n) is 9.01. The molecule has 1 aromatic rings. The molecule has 7 heteroatoms. The standard InChI is InChI=1S/C19H29FN2O3.ClH/c1-24-9-10-25-13-16-11-15(7-8-17(16)20)19(23)22-18(12-21)14-5-3-2-4-6-14;/h7-8,11,14,18H,2-6,9-10,12-13,21H2,1H3,(H,22,23);1H. The Morgan fingerprint density at radius 2 is 2.04 bits per heavy atom. The molecule has 0 heterocycles. The summed E-state index contributed by atoms with van der Waals surface area (Å²) in [5, 5.41) is 3.03. The lowest BCUT2D eigenvalue weighted by Crippen LogP contribution is -2.45. The second kappa shape index (κ2) is 12.2. The molecular weight excluding hydrogens is 359 g/mol. The van der Waals surface area contributed by atoms with Crippen LogP contribution in [0.1, 0.15) is 48.0 Å². The van der Waals surface area contributed by atoms with E-state index in [1.807, 2.05) is 0 Å². The molecule has 0 aromatic heterocycles. The van der Waals surface area contributed by atoms with Crippen molar-refractivity contribution >= 4 is 18.3 Å². The van der Waals surface area contributed by atoms with Gasteiger partial charge in [0.2, 0.25) is 0 Å². The molecule has 1 aliphatic carbocycles. The molecule has 148 valence electrons. The molecule has 2 rings (SSSR count). The van der Waals surface area contributed by atoms with E-state index in [4.69, 9.17) is 15.2 Å². The van der Waals surface area contributed by atoms with Gasteiger partial charge in [0, 0.05) is 30.8 Å². The molecular formula is C19H30ClFN2O3. The van der Waals surface area contributed by atoms with Crippen LogP contribution in [0.3, 0.4) is 0 Å². The van der Waals surface area contributed by atoms with Gasteiger partial charge in [0.1, 0.15) is 5.82 Å². The van der Waals surface area contributed by atoms with Gasteiger partial charge in [0.15, 0.2) is 0 Å². The minimum Gasteiger partial charge on any atom is -0.382 e. The molecule has 1 amide bonds. The van der Waals surface area contributed by atoms with Gasteiger partial charge in [0.05, 0.1) is 19.8 Å². The summed E-state index contributed by atoms with van der Waals surface area (Å²) in [5.41, 5.74) is 6.67. The summed E-state index contributed by atoms with van der Waals surface area (Å²) in [7, 11) is 1.58. The normalized spacial score (nSPS) is 16.0. The van der Waals surface area contributed by atoms with Gasteiger partial charge < -0.3 is 20.5 Å². The van der Waals surface area contributed by atoms with E-state index >= 15 is 0 Å². The van der Waals surface area contributed by atoms with Crippen LogP contribution < -0.4 is 11.1 Å². The Labute approximate surface area is 161 Å². The first kappa shape index (κ1) is 22.8.